The van der Waals surface area contributed by atoms with E-state index in [0.717, 1.165) is 5.56 Å². The summed E-state index contributed by atoms with van der Waals surface area (Å²) in [6.07, 6.45) is 0.129. The number of rotatable bonds is 4. The molecule has 0 saturated heterocycles. The van der Waals surface area contributed by atoms with E-state index in [-0.39, 0.29) is 12.5 Å². The lowest BCUT2D eigenvalue weighted by atomic mass is 9.95. The first kappa shape index (κ1) is 12.8. The van der Waals surface area contributed by atoms with Gasteiger partial charge >= 0.3 is 0 Å². The first-order chi connectivity index (χ1) is 7.04. The summed E-state index contributed by atoms with van der Waals surface area (Å²) in [4.78, 5) is 0. The van der Waals surface area contributed by atoms with Crippen LogP contribution in [0.25, 0.3) is 0 Å². The highest BCUT2D eigenvalue weighted by Crippen LogP contribution is 2.29. The van der Waals surface area contributed by atoms with E-state index in [1.165, 1.54) is 0 Å². The molecule has 0 fully saturated rings. The molecule has 1 aromatic rings. The Morgan fingerprint density at radius 1 is 1.40 bits per heavy atom. The van der Waals surface area contributed by atoms with Crippen LogP contribution in [0.1, 0.15) is 24.8 Å². The summed E-state index contributed by atoms with van der Waals surface area (Å²) < 4.78 is 0. The highest BCUT2D eigenvalue weighted by molar-refractivity contribution is 6.35. The van der Waals surface area contributed by atoms with Crippen LogP contribution >= 0.6 is 23.2 Å². The molecule has 0 radical (unpaired) electrons. The summed E-state index contributed by atoms with van der Waals surface area (Å²) in [6, 6.07) is 5.40. The topological polar surface area (TPSA) is 46.2 Å². The van der Waals surface area contributed by atoms with E-state index < -0.39 is 6.10 Å². The number of nitrogens with two attached hydrogens (primary N) is 1. The summed E-state index contributed by atoms with van der Waals surface area (Å²) in [6.45, 7) is 2.28. The predicted octanol–water partition coefficient (Wildman–Crippen LogP) is 2.81. The van der Waals surface area contributed by atoms with Gasteiger partial charge in [-0.05, 0) is 30.0 Å². The molecule has 0 aromatic heterocycles. The van der Waals surface area contributed by atoms with Gasteiger partial charge in [-0.2, -0.15) is 0 Å². The third kappa shape index (κ3) is 3.65. The van der Waals surface area contributed by atoms with Crippen molar-refractivity contribution in [2.45, 2.75) is 25.4 Å². The van der Waals surface area contributed by atoms with Gasteiger partial charge in [0.25, 0.3) is 0 Å². The van der Waals surface area contributed by atoms with Gasteiger partial charge in [0.1, 0.15) is 0 Å². The van der Waals surface area contributed by atoms with Crippen molar-refractivity contribution in [3.8, 4) is 0 Å². The molecular weight excluding hydrogens is 233 g/mol. The standard InChI is InChI=1S/C11H15Cl2NO/c1-7(4-9(15)6-14)10-3-2-8(12)5-11(10)13/h2-3,5,7,9,15H,4,6,14H2,1H3. The van der Waals surface area contributed by atoms with Gasteiger partial charge < -0.3 is 10.8 Å². The fourth-order valence-corrected chi connectivity index (χ4v) is 2.13. The molecule has 1 rings (SSSR count). The van der Waals surface area contributed by atoms with Gasteiger partial charge in [-0.25, -0.2) is 0 Å². The Labute approximate surface area is 100.0 Å². The van der Waals surface area contributed by atoms with Crippen LogP contribution < -0.4 is 5.73 Å². The summed E-state index contributed by atoms with van der Waals surface area (Å²) in [5.74, 6) is 0.174. The molecule has 2 nitrogen and oxygen atoms in total. The van der Waals surface area contributed by atoms with Crippen molar-refractivity contribution in [2.75, 3.05) is 6.54 Å². The molecule has 2 unspecified atom stereocenters. The van der Waals surface area contributed by atoms with Crippen LogP contribution in [-0.4, -0.2) is 17.8 Å². The normalized spacial score (nSPS) is 15.0. The first-order valence-corrected chi connectivity index (χ1v) is 5.63. The van der Waals surface area contributed by atoms with E-state index in [1.807, 2.05) is 13.0 Å². The monoisotopic (exact) mass is 247 g/mol. The Bertz CT molecular complexity index is 330. The molecular formula is C11H15Cl2NO. The van der Waals surface area contributed by atoms with Gasteiger partial charge in [-0.1, -0.05) is 36.2 Å². The van der Waals surface area contributed by atoms with Crippen molar-refractivity contribution in [3.63, 3.8) is 0 Å². The molecule has 15 heavy (non-hydrogen) atoms. The van der Waals surface area contributed by atoms with Gasteiger partial charge in [-0.3, -0.25) is 0 Å². The lowest BCUT2D eigenvalue weighted by molar-refractivity contribution is 0.165. The molecule has 2 atom stereocenters. The number of benzene rings is 1. The molecule has 0 heterocycles. The van der Waals surface area contributed by atoms with E-state index in [9.17, 15) is 5.11 Å². The number of hydrogen-bond donors (Lipinski definition) is 2. The van der Waals surface area contributed by atoms with Crippen LogP contribution in [0.2, 0.25) is 10.0 Å². The van der Waals surface area contributed by atoms with Crippen molar-refractivity contribution in [1.29, 1.82) is 0 Å². The average Bonchev–Trinajstić information content (AvgIpc) is 2.17. The van der Waals surface area contributed by atoms with Gasteiger partial charge in [0.15, 0.2) is 0 Å². The van der Waals surface area contributed by atoms with Crippen LogP contribution in [0.15, 0.2) is 18.2 Å². The highest BCUT2D eigenvalue weighted by Gasteiger charge is 2.13. The minimum Gasteiger partial charge on any atom is -0.392 e. The lowest BCUT2D eigenvalue weighted by Gasteiger charge is -2.16. The SMILES string of the molecule is CC(CC(O)CN)c1ccc(Cl)cc1Cl. The largest absolute Gasteiger partial charge is 0.392 e. The second-order valence-corrected chi connectivity index (χ2v) is 4.54. The molecule has 0 spiro atoms. The van der Waals surface area contributed by atoms with Gasteiger partial charge in [-0.15, -0.1) is 0 Å². The molecule has 84 valence electrons. The summed E-state index contributed by atoms with van der Waals surface area (Å²) >= 11 is 11.9. The number of aliphatic hydroxyl groups excluding tert-OH is 1. The average molecular weight is 248 g/mol. The van der Waals surface area contributed by atoms with Crippen LogP contribution in [0.3, 0.4) is 0 Å². The molecule has 0 saturated carbocycles. The molecule has 0 bridgehead atoms. The Balaban J connectivity index is 2.77. The van der Waals surface area contributed by atoms with Crippen LogP contribution in [0.4, 0.5) is 0 Å². The zero-order chi connectivity index (χ0) is 11.4. The second kappa shape index (κ2) is 5.71. The summed E-state index contributed by atoms with van der Waals surface area (Å²) in [5, 5.41) is 10.7. The smallest absolute Gasteiger partial charge is 0.0668 e. The first-order valence-electron chi connectivity index (χ1n) is 4.87. The third-order valence-electron chi connectivity index (χ3n) is 2.39. The van der Waals surface area contributed by atoms with E-state index >= 15 is 0 Å². The zero-order valence-corrected chi connectivity index (χ0v) is 10.1. The van der Waals surface area contributed by atoms with Crippen molar-refractivity contribution < 1.29 is 5.11 Å². The molecule has 3 N–H and O–H groups in total. The summed E-state index contributed by atoms with van der Waals surface area (Å²) in [5.41, 5.74) is 6.35. The number of hydrogen-bond acceptors (Lipinski definition) is 2. The highest BCUT2D eigenvalue weighted by atomic mass is 35.5. The van der Waals surface area contributed by atoms with Crippen molar-refractivity contribution >= 4 is 23.2 Å². The van der Waals surface area contributed by atoms with Gasteiger partial charge in [0.2, 0.25) is 0 Å². The third-order valence-corrected chi connectivity index (χ3v) is 2.95. The molecule has 0 aliphatic rings. The Morgan fingerprint density at radius 3 is 2.60 bits per heavy atom. The molecule has 0 aliphatic carbocycles. The fourth-order valence-electron chi connectivity index (χ4n) is 1.53. The maximum atomic E-state index is 9.44. The maximum Gasteiger partial charge on any atom is 0.0668 e. The van der Waals surface area contributed by atoms with Crippen LogP contribution in [-0.2, 0) is 0 Å². The number of aliphatic hydroxyl groups is 1. The quantitative estimate of drug-likeness (QED) is 0.860. The fraction of sp³-hybridized carbons (Fsp3) is 0.455. The molecule has 4 heteroatoms. The number of halogens is 2. The Hall–Kier alpha value is -0.280. The minimum absolute atomic E-state index is 0.174. The molecule has 1 aromatic carbocycles. The lowest BCUT2D eigenvalue weighted by Crippen LogP contribution is -2.21. The Kier molecular flexibility index (Phi) is 4.87. The predicted molar refractivity (Wildman–Crippen MR) is 64.6 cm³/mol. The zero-order valence-electron chi connectivity index (χ0n) is 8.58. The molecule has 0 aliphatic heterocycles. The van der Waals surface area contributed by atoms with Gasteiger partial charge in [0.05, 0.1) is 6.10 Å². The Morgan fingerprint density at radius 2 is 2.07 bits per heavy atom. The van der Waals surface area contributed by atoms with Crippen LogP contribution in [0, 0.1) is 0 Å². The van der Waals surface area contributed by atoms with Crippen molar-refractivity contribution in [3.05, 3.63) is 33.8 Å². The van der Waals surface area contributed by atoms with E-state index in [2.05, 4.69) is 0 Å². The van der Waals surface area contributed by atoms with E-state index in [0.29, 0.717) is 16.5 Å². The van der Waals surface area contributed by atoms with E-state index in [1.54, 1.807) is 12.1 Å². The minimum atomic E-state index is -0.480. The van der Waals surface area contributed by atoms with Crippen molar-refractivity contribution in [2.24, 2.45) is 5.73 Å². The van der Waals surface area contributed by atoms with Gasteiger partial charge in [0, 0.05) is 16.6 Å². The second-order valence-electron chi connectivity index (χ2n) is 3.69. The van der Waals surface area contributed by atoms with E-state index in [4.69, 9.17) is 28.9 Å². The van der Waals surface area contributed by atoms with Crippen LogP contribution in [0.5, 0.6) is 0 Å². The molecule has 0 amide bonds. The maximum absolute atomic E-state index is 9.44. The summed E-state index contributed by atoms with van der Waals surface area (Å²) in [7, 11) is 0. The van der Waals surface area contributed by atoms with Crippen molar-refractivity contribution in [1.82, 2.24) is 0 Å².